The van der Waals surface area contributed by atoms with Crippen LogP contribution in [0.2, 0.25) is 0 Å². The maximum atomic E-state index is 11.1. The molecule has 0 amide bonds. The molecule has 0 saturated heterocycles. The van der Waals surface area contributed by atoms with Crippen molar-refractivity contribution in [2.45, 2.75) is 39.7 Å². The zero-order valence-electron chi connectivity index (χ0n) is 10.8. The van der Waals surface area contributed by atoms with Gasteiger partial charge in [0.15, 0.2) is 0 Å². The summed E-state index contributed by atoms with van der Waals surface area (Å²) in [5.41, 5.74) is 0.634. The van der Waals surface area contributed by atoms with Crippen LogP contribution >= 0.6 is 0 Å². The van der Waals surface area contributed by atoms with Gasteiger partial charge in [0, 0.05) is 0 Å². The fourth-order valence-corrected chi connectivity index (χ4v) is 1.60. The number of carboxylic acid groups (broad SMARTS) is 1. The van der Waals surface area contributed by atoms with Crippen LogP contribution in [0.1, 0.15) is 50.8 Å². The first-order chi connectivity index (χ1) is 7.76. The average Bonchev–Trinajstić information content (AvgIpc) is 2.27. The van der Waals surface area contributed by atoms with Crippen LogP contribution in [0.3, 0.4) is 0 Å². The van der Waals surface area contributed by atoms with E-state index in [2.05, 4.69) is 13.8 Å². The molecule has 1 rings (SSSR count). The standard InChI is InChI=1S/C14H20O3/c1-9(2)10-5-7-11(8-6-10)12(15)14(3,4)13(16)17/h5-9,12,15H,1-4H3,(H,16,17). The number of carbonyl (C=O) groups is 1. The van der Waals surface area contributed by atoms with Gasteiger partial charge in [0.05, 0.1) is 11.5 Å². The molecule has 0 radical (unpaired) electrons. The number of aliphatic carboxylic acids is 1. The maximum absolute atomic E-state index is 11.1. The Morgan fingerprint density at radius 2 is 1.53 bits per heavy atom. The monoisotopic (exact) mass is 236 g/mol. The van der Waals surface area contributed by atoms with Crippen LogP contribution in [-0.2, 0) is 4.79 Å². The number of rotatable bonds is 4. The molecule has 3 nitrogen and oxygen atoms in total. The van der Waals surface area contributed by atoms with Crippen molar-refractivity contribution in [1.82, 2.24) is 0 Å². The Kier molecular flexibility index (Phi) is 3.94. The molecule has 1 aromatic carbocycles. The van der Waals surface area contributed by atoms with Crippen LogP contribution < -0.4 is 0 Å². The second-order valence-corrected chi connectivity index (χ2v) is 5.25. The number of aliphatic hydroxyl groups excluding tert-OH is 1. The normalized spacial score (nSPS) is 13.8. The predicted octanol–water partition coefficient (Wildman–Crippen LogP) is 2.95. The molecule has 0 fully saturated rings. The predicted molar refractivity (Wildman–Crippen MR) is 66.9 cm³/mol. The van der Waals surface area contributed by atoms with Gasteiger partial charge >= 0.3 is 5.97 Å². The first-order valence-electron chi connectivity index (χ1n) is 5.78. The Morgan fingerprint density at radius 1 is 1.12 bits per heavy atom. The van der Waals surface area contributed by atoms with E-state index >= 15 is 0 Å². The van der Waals surface area contributed by atoms with E-state index in [-0.39, 0.29) is 0 Å². The van der Waals surface area contributed by atoms with Gasteiger partial charge in [0.25, 0.3) is 0 Å². The van der Waals surface area contributed by atoms with E-state index in [1.807, 2.05) is 12.1 Å². The third kappa shape index (κ3) is 2.86. The molecule has 0 bridgehead atoms. The Labute approximate surface area is 102 Å². The fourth-order valence-electron chi connectivity index (χ4n) is 1.60. The summed E-state index contributed by atoms with van der Waals surface area (Å²) < 4.78 is 0. The van der Waals surface area contributed by atoms with Crippen molar-refractivity contribution >= 4 is 5.97 Å². The van der Waals surface area contributed by atoms with Crippen LogP contribution in [0.5, 0.6) is 0 Å². The third-order valence-corrected chi connectivity index (χ3v) is 3.15. The van der Waals surface area contributed by atoms with Crippen LogP contribution in [0.15, 0.2) is 24.3 Å². The molecule has 0 spiro atoms. The minimum atomic E-state index is -1.18. The molecule has 94 valence electrons. The number of carboxylic acids is 1. The first kappa shape index (κ1) is 13.7. The van der Waals surface area contributed by atoms with Crippen molar-refractivity contribution in [3.63, 3.8) is 0 Å². The van der Waals surface area contributed by atoms with Gasteiger partial charge in [0.2, 0.25) is 0 Å². The molecule has 1 atom stereocenters. The van der Waals surface area contributed by atoms with Gasteiger partial charge in [0.1, 0.15) is 0 Å². The highest BCUT2D eigenvalue weighted by atomic mass is 16.4. The summed E-state index contributed by atoms with van der Waals surface area (Å²) in [5, 5.41) is 19.1. The highest BCUT2D eigenvalue weighted by Gasteiger charge is 2.36. The Hall–Kier alpha value is -1.35. The lowest BCUT2D eigenvalue weighted by Crippen LogP contribution is -2.31. The van der Waals surface area contributed by atoms with Gasteiger partial charge in [-0.15, -0.1) is 0 Å². The van der Waals surface area contributed by atoms with Crippen molar-refractivity contribution in [2.24, 2.45) is 5.41 Å². The van der Waals surface area contributed by atoms with Gasteiger partial charge in [-0.1, -0.05) is 38.1 Å². The van der Waals surface area contributed by atoms with Crippen LogP contribution in [0, 0.1) is 5.41 Å². The molecule has 0 saturated carbocycles. The SMILES string of the molecule is CC(C)c1ccc(C(O)C(C)(C)C(=O)O)cc1. The fraction of sp³-hybridized carbons (Fsp3) is 0.500. The number of benzene rings is 1. The quantitative estimate of drug-likeness (QED) is 0.845. The lowest BCUT2D eigenvalue weighted by Gasteiger charge is -2.26. The van der Waals surface area contributed by atoms with Crippen LogP contribution in [0.4, 0.5) is 0 Å². The molecule has 17 heavy (non-hydrogen) atoms. The van der Waals surface area contributed by atoms with E-state index < -0.39 is 17.5 Å². The summed E-state index contributed by atoms with van der Waals surface area (Å²) >= 11 is 0. The molecule has 3 heteroatoms. The Balaban J connectivity index is 2.98. The van der Waals surface area contributed by atoms with Crippen molar-refractivity contribution in [3.8, 4) is 0 Å². The average molecular weight is 236 g/mol. The molecular formula is C14H20O3. The molecule has 0 aliphatic rings. The van der Waals surface area contributed by atoms with Gasteiger partial charge in [-0.2, -0.15) is 0 Å². The highest BCUT2D eigenvalue weighted by Crippen LogP contribution is 2.33. The zero-order chi connectivity index (χ0) is 13.2. The molecule has 2 N–H and O–H groups in total. The smallest absolute Gasteiger partial charge is 0.312 e. The summed E-state index contributed by atoms with van der Waals surface area (Å²) in [6.45, 7) is 7.23. The number of aliphatic hydroxyl groups is 1. The van der Waals surface area contributed by atoms with Gasteiger partial charge in [-0.25, -0.2) is 0 Å². The Bertz CT molecular complexity index is 390. The van der Waals surface area contributed by atoms with E-state index in [1.165, 1.54) is 19.4 Å². The largest absolute Gasteiger partial charge is 0.481 e. The molecule has 1 unspecified atom stereocenters. The van der Waals surface area contributed by atoms with Crippen molar-refractivity contribution in [1.29, 1.82) is 0 Å². The lowest BCUT2D eigenvalue weighted by atomic mass is 9.82. The summed E-state index contributed by atoms with van der Waals surface area (Å²) in [5.74, 6) is -0.577. The number of hydrogen-bond donors (Lipinski definition) is 2. The summed E-state index contributed by atoms with van der Waals surface area (Å²) in [7, 11) is 0. The summed E-state index contributed by atoms with van der Waals surface area (Å²) in [6.07, 6.45) is -0.999. The first-order valence-corrected chi connectivity index (χ1v) is 5.78. The molecule has 0 aliphatic carbocycles. The van der Waals surface area contributed by atoms with Crippen molar-refractivity contribution < 1.29 is 15.0 Å². The van der Waals surface area contributed by atoms with Gasteiger partial charge in [-0.3, -0.25) is 4.79 Å². The Morgan fingerprint density at radius 3 is 1.88 bits per heavy atom. The lowest BCUT2D eigenvalue weighted by molar-refractivity contribution is -0.153. The van der Waals surface area contributed by atoms with Crippen molar-refractivity contribution in [2.75, 3.05) is 0 Å². The van der Waals surface area contributed by atoms with E-state index in [9.17, 15) is 9.90 Å². The molecule has 0 aromatic heterocycles. The highest BCUT2D eigenvalue weighted by molar-refractivity contribution is 5.74. The molecule has 0 aliphatic heterocycles. The summed E-state index contributed by atoms with van der Waals surface area (Å²) in [4.78, 5) is 11.1. The zero-order valence-corrected chi connectivity index (χ0v) is 10.8. The minimum Gasteiger partial charge on any atom is -0.481 e. The molecule has 1 aromatic rings. The topological polar surface area (TPSA) is 57.5 Å². The molecular weight excluding hydrogens is 216 g/mol. The van der Waals surface area contributed by atoms with E-state index in [0.29, 0.717) is 11.5 Å². The van der Waals surface area contributed by atoms with E-state index in [4.69, 9.17) is 5.11 Å². The minimum absolute atomic E-state index is 0.425. The van der Waals surface area contributed by atoms with Gasteiger partial charge in [-0.05, 0) is 30.9 Å². The second kappa shape index (κ2) is 4.88. The maximum Gasteiger partial charge on any atom is 0.312 e. The van der Waals surface area contributed by atoms with Crippen molar-refractivity contribution in [3.05, 3.63) is 35.4 Å². The van der Waals surface area contributed by atoms with Crippen LogP contribution in [-0.4, -0.2) is 16.2 Å². The van der Waals surface area contributed by atoms with Gasteiger partial charge < -0.3 is 10.2 Å². The second-order valence-electron chi connectivity index (χ2n) is 5.25. The number of hydrogen-bond acceptors (Lipinski definition) is 2. The van der Waals surface area contributed by atoms with E-state index in [1.54, 1.807) is 12.1 Å². The van der Waals surface area contributed by atoms with E-state index in [0.717, 1.165) is 0 Å². The molecule has 0 heterocycles. The van der Waals surface area contributed by atoms with Crippen LogP contribution in [0.25, 0.3) is 0 Å². The third-order valence-electron chi connectivity index (χ3n) is 3.15. The summed E-state index contributed by atoms with van der Waals surface area (Å²) in [6, 6.07) is 7.46.